The van der Waals surface area contributed by atoms with E-state index in [1.54, 1.807) is 37.4 Å². The Kier molecular flexibility index (Phi) is 10.3. The molecule has 0 aliphatic rings. The van der Waals surface area contributed by atoms with Gasteiger partial charge in [0, 0.05) is 6.54 Å². The number of aryl methyl sites for hydroxylation is 2. The molecule has 0 bridgehead atoms. The Balaban J connectivity index is 0.000000830. The standard InChI is InChI=1S/C25H25NO5.CH4O3S/c1-16-4-8-18(9-5-16)24(28)30-22-13-12-20(21(27)15-26-3)14-23(22)31-25(29)19-10-6-17(2)7-11-19;1-5(2,3)4/h4-14,21,26-27H,15H2,1-3H3;1H3,(H,2,3,4). The Morgan fingerprint density at radius 2 is 1.25 bits per heavy atom. The number of ether oxygens (including phenoxy) is 2. The van der Waals surface area contributed by atoms with Gasteiger partial charge in [0.05, 0.1) is 23.5 Å². The third kappa shape index (κ3) is 9.59. The Morgan fingerprint density at radius 1 is 0.833 bits per heavy atom. The molecule has 10 heteroatoms. The second-order valence-electron chi connectivity index (χ2n) is 8.02. The molecule has 36 heavy (non-hydrogen) atoms. The normalized spacial score (nSPS) is 11.6. The minimum atomic E-state index is -3.67. The molecule has 0 radical (unpaired) electrons. The molecule has 0 spiro atoms. The van der Waals surface area contributed by atoms with Crippen LogP contribution in [-0.2, 0) is 10.1 Å². The Labute approximate surface area is 210 Å². The molecule has 3 aromatic carbocycles. The molecule has 0 heterocycles. The minimum Gasteiger partial charge on any atom is -0.419 e. The number of likely N-dealkylation sites (N-methyl/N-ethyl adjacent to an activating group) is 1. The number of carbonyl (C=O) groups excluding carboxylic acids is 2. The molecule has 0 aliphatic heterocycles. The lowest BCUT2D eigenvalue weighted by Gasteiger charge is -2.15. The predicted octanol–water partition coefficient (Wildman–Crippen LogP) is 3.50. The zero-order valence-corrected chi connectivity index (χ0v) is 21.2. The molecule has 3 aromatic rings. The first kappa shape index (κ1) is 28.7. The topological polar surface area (TPSA) is 139 Å². The van der Waals surface area contributed by atoms with Gasteiger partial charge in [-0.2, -0.15) is 8.42 Å². The number of nitrogens with one attached hydrogen (secondary N) is 1. The van der Waals surface area contributed by atoms with Crippen molar-refractivity contribution in [2.24, 2.45) is 0 Å². The predicted molar refractivity (Wildman–Crippen MR) is 135 cm³/mol. The molecular formula is C26H29NO8S. The van der Waals surface area contributed by atoms with E-state index in [9.17, 15) is 23.1 Å². The maximum Gasteiger partial charge on any atom is 0.343 e. The lowest BCUT2D eigenvalue weighted by Crippen LogP contribution is -2.17. The number of benzene rings is 3. The average Bonchev–Trinajstić information content (AvgIpc) is 2.80. The van der Waals surface area contributed by atoms with E-state index in [4.69, 9.17) is 14.0 Å². The van der Waals surface area contributed by atoms with Crippen LogP contribution in [0.1, 0.15) is 43.5 Å². The highest BCUT2D eigenvalue weighted by Gasteiger charge is 2.19. The van der Waals surface area contributed by atoms with Gasteiger partial charge in [0.2, 0.25) is 0 Å². The van der Waals surface area contributed by atoms with Crippen LogP contribution in [0.5, 0.6) is 11.5 Å². The highest BCUT2D eigenvalue weighted by atomic mass is 32.2. The third-order valence-electron chi connectivity index (χ3n) is 4.73. The van der Waals surface area contributed by atoms with Crippen LogP contribution in [0.25, 0.3) is 0 Å². The zero-order valence-electron chi connectivity index (χ0n) is 20.4. The fourth-order valence-corrected chi connectivity index (χ4v) is 2.90. The van der Waals surface area contributed by atoms with Gasteiger partial charge in [-0.1, -0.05) is 41.5 Å². The molecule has 0 aromatic heterocycles. The van der Waals surface area contributed by atoms with Crippen LogP contribution in [0, 0.1) is 13.8 Å². The second-order valence-corrected chi connectivity index (χ2v) is 9.49. The SMILES string of the molecule is CNCC(O)c1ccc(OC(=O)c2ccc(C)cc2)c(OC(=O)c2ccc(C)cc2)c1.CS(=O)(=O)O. The molecule has 0 fully saturated rings. The average molecular weight is 516 g/mol. The van der Waals surface area contributed by atoms with E-state index < -0.39 is 28.2 Å². The van der Waals surface area contributed by atoms with Gasteiger partial charge in [0.1, 0.15) is 0 Å². The molecule has 1 atom stereocenters. The lowest BCUT2D eigenvalue weighted by atomic mass is 10.1. The van der Waals surface area contributed by atoms with Crippen LogP contribution in [-0.4, -0.2) is 49.9 Å². The molecule has 3 N–H and O–H groups in total. The molecule has 0 aliphatic carbocycles. The first-order valence-electron chi connectivity index (χ1n) is 10.8. The van der Waals surface area contributed by atoms with Gasteiger partial charge >= 0.3 is 11.9 Å². The van der Waals surface area contributed by atoms with Crippen molar-refractivity contribution in [2.75, 3.05) is 19.8 Å². The molecule has 0 saturated heterocycles. The van der Waals surface area contributed by atoms with Crippen LogP contribution >= 0.6 is 0 Å². The summed E-state index contributed by atoms with van der Waals surface area (Å²) in [6, 6.07) is 18.5. The highest BCUT2D eigenvalue weighted by molar-refractivity contribution is 7.85. The number of carbonyl (C=O) groups is 2. The largest absolute Gasteiger partial charge is 0.419 e. The number of esters is 2. The summed E-state index contributed by atoms with van der Waals surface area (Å²) >= 11 is 0. The van der Waals surface area contributed by atoms with Crippen molar-refractivity contribution in [1.29, 1.82) is 0 Å². The molecule has 9 nitrogen and oxygen atoms in total. The first-order chi connectivity index (χ1) is 16.9. The smallest absolute Gasteiger partial charge is 0.343 e. The van der Waals surface area contributed by atoms with E-state index in [2.05, 4.69) is 5.32 Å². The maximum absolute atomic E-state index is 12.6. The lowest BCUT2D eigenvalue weighted by molar-refractivity contribution is 0.0681. The monoisotopic (exact) mass is 515 g/mol. The van der Waals surface area contributed by atoms with Gasteiger partial charge < -0.3 is 19.9 Å². The van der Waals surface area contributed by atoms with E-state index in [0.717, 1.165) is 11.1 Å². The van der Waals surface area contributed by atoms with Gasteiger partial charge in [-0.15, -0.1) is 0 Å². The molecular weight excluding hydrogens is 486 g/mol. The van der Waals surface area contributed by atoms with Crippen molar-refractivity contribution < 1.29 is 37.1 Å². The summed E-state index contributed by atoms with van der Waals surface area (Å²) in [6.07, 6.45) is -0.101. The van der Waals surface area contributed by atoms with Gasteiger partial charge in [-0.25, -0.2) is 9.59 Å². The fraction of sp³-hybridized carbons (Fsp3) is 0.231. The van der Waals surface area contributed by atoms with Crippen LogP contribution in [0.3, 0.4) is 0 Å². The van der Waals surface area contributed by atoms with Crippen molar-refractivity contribution in [2.45, 2.75) is 20.0 Å². The van der Waals surface area contributed by atoms with Crippen LogP contribution in [0.4, 0.5) is 0 Å². The van der Waals surface area contributed by atoms with Crippen molar-refractivity contribution in [3.63, 3.8) is 0 Å². The summed E-state index contributed by atoms with van der Waals surface area (Å²) in [6.45, 7) is 4.16. The van der Waals surface area contributed by atoms with Gasteiger partial charge in [0.25, 0.3) is 10.1 Å². The second kappa shape index (κ2) is 12.9. The van der Waals surface area contributed by atoms with E-state index in [-0.39, 0.29) is 11.5 Å². The number of hydrogen-bond acceptors (Lipinski definition) is 8. The molecule has 3 rings (SSSR count). The van der Waals surface area contributed by atoms with E-state index in [1.807, 2.05) is 38.1 Å². The van der Waals surface area contributed by atoms with Crippen LogP contribution in [0.15, 0.2) is 66.7 Å². The first-order valence-corrected chi connectivity index (χ1v) is 12.7. The summed E-state index contributed by atoms with van der Waals surface area (Å²) in [7, 11) is -1.95. The van der Waals surface area contributed by atoms with E-state index >= 15 is 0 Å². The van der Waals surface area contributed by atoms with Gasteiger partial charge in [-0.05, 0) is 62.9 Å². The third-order valence-corrected chi connectivity index (χ3v) is 4.73. The van der Waals surface area contributed by atoms with Crippen molar-refractivity contribution in [1.82, 2.24) is 5.32 Å². The fourth-order valence-electron chi connectivity index (χ4n) is 2.90. The number of hydrogen-bond donors (Lipinski definition) is 3. The van der Waals surface area contributed by atoms with Crippen LogP contribution in [0.2, 0.25) is 0 Å². The number of rotatable bonds is 7. The van der Waals surface area contributed by atoms with Crippen molar-refractivity contribution in [3.8, 4) is 11.5 Å². The quantitative estimate of drug-likeness (QED) is 0.245. The Hall–Kier alpha value is -3.57. The zero-order chi connectivity index (χ0) is 26.9. The molecule has 0 saturated carbocycles. The Morgan fingerprint density at radius 3 is 1.67 bits per heavy atom. The molecule has 1 unspecified atom stereocenters. The summed E-state index contributed by atoms with van der Waals surface area (Å²) in [5.41, 5.74) is 3.30. The molecule has 0 amide bonds. The van der Waals surface area contributed by atoms with Gasteiger partial charge in [0.15, 0.2) is 11.5 Å². The Bertz CT molecular complexity index is 1280. The summed E-state index contributed by atoms with van der Waals surface area (Å²) in [5.74, 6) is -1.02. The van der Waals surface area contributed by atoms with Crippen LogP contribution < -0.4 is 14.8 Å². The summed E-state index contributed by atoms with van der Waals surface area (Å²) in [4.78, 5) is 25.2. The van der Waals surface area contributed by atoms with Crippen molar-refractivity contribution >= 4 is 22.1 Å². The minimum absolute atomic E-state index is 0.0543. The van der Waals surface area contributed by atoms with Crippen molar-refractivity contribution in [3.05, 3.63) is 94.5 Å². The summed E-state index contributed by atoms with van der Waals surface area (Å²) < 4.78 is 36.9. The molecule has 192 valence electrons. The highest BCUT2D eigenvalue weighted by Crippen LogP contribution is 2.32. The summed E-state index contributed by atoms with van der Waals surface area (Å²) in [5, 5.41) is 13.2. The van der Waals surface area contributed by atoms with E-state index in [0.29, 0.717) is 29.5 Å². The van der Waals surface area contributed by atoms with E-state index in [1.165, 1.54) is 12.1 Å². The maximum atomic E-state index is 12.6. The number of aliphatic hydroxyl groups is 1. The number of aliphatic hydroxyl groups excluding tert-OH is 1. The van der Waals surface area contributed by atoms with Gasteiger partial charge in [-0.3, -0.25) is 4.55 Å².